The Balaban J connectivity index is 1.55. The molecule has 0 aliphatic heterocycles. The summed E-state index contributed by atoms with van der Waals surface area (Å²) in [6.45, 7) is 4.43. The number of hydrogen-bond donors (Lipinski definition) is 2. The van der Waals surface area contributed by atoms with E-state index < -0.39 is 6.04 Å². The van der Waals surface area contributed by atoms with Crippen LogP contribution in [0.15, 0.2) is 59.1 Å². The van der Waals surface area contributed by atoms with E-state index in [0.717, 1.165) is 16.9 Å². The molecule has 1 amide bonds. The lowest BCUT2D eigenvalue weighted by Crippen LogP contribution is -2.43. The number of carbonyl (C=O) groups excluding carboxylic acids is 1. The third-order valence-electron chi connectivity index (χ3n) is 4.26. The highest BCUT2D eigenvalue weighted by atomic mass is 16.5. The molecule has 0 saturated carbocycles. The number of nitrogens with two attached hydrogens (primary N) is 1. The third-order valence-corrected chi connectivity index (χ3v) is 4.26. The van der Waals surface area contributed by atoms with Crippen LogP contribution in [0.25, 0.3) is 11.4 Å². The highest BCUT2D eigenvalue weighted by Gasteiger charge is 2.18. The van der Waals surface area contributed by atoms with Crippen molar-refractivity contribution in [2.24, 2.45) is 11.7 Å². The normalized spacial score (nSPS) is 12.0. The molecule has 1 heterocycles. The minimum atomic E-state index is -0.564. The molecule has 0 spiro atoms. The van der Waals surface area contributed by atoms with Gasteiger partial charge in [-0.1, -0.05) is 49.3 Å². The molecule has 28 heavy (non-hydrogen) atoms. The number of benzene rings is 2. The van der Waals surface area contributed by atoms with Crippen molar-refractivity contribution in [2.45, 2.75) is 33.0 Å². The van der Waals surface area contributed by atoms with Crippen LogP contribution in [0.4, 0.5) is 0 Å². The van der Waals surface area contributed by atoms with Crippen molar-refractivity contribution >= 4 is 5.91 Å². The second-order valence-corrected chi connectivity index (χ2v) is 6.80. The molecule has 0 unspecified atom stereocenters. The summed E-state index contributed by atoms with van der Waals surface area (Å²) in [6.07, 6.45) is 0. The first-order valence-corrected chi connectivity index (χ1v) is 9.16. The average Bonchev–Trinajstić information content (AvgIpc) is 3.20. The Hall–Kier alpha value is -3.19. The Morgan fingerprint density at radius 3 is 2.54 bits per heavy atom. The SMILES string of the molecule is CC(C)[C@H](N)C(=O)NCc1nc(-c2ccc(OCc3ccccc3)cc2)no1. The van der Waals surface area contributed by atoms with Gasteiger partial charge in [-0.15, -0.1) is 0 Å². The molecule has 0 saturated heterocycles. The lowest BCUT2D eigenvalue weighted by molar-refractivity contribution is -0.123. The van der Waals surface area contributed by atoms with Gasteiger partial charge in [0.25, 0.3) is 0 Å². The Morgan fingerprint density at radius 1 is 1.14 bits per heavy atom. The minimum absolute atomic E-state index is 0.0564. The van der Waals surface area contributed by atoms with E-state index in [9.17, 15) is 4.79 Å². The molecule has 0 aliphatic carbocycles. The van der Waals surface area contributed by atoms with E-state index in [4.69, 9.17) is 15.0 Å². The first-order chi connectivity index (χ1) is 13.5. The van der Waals surface area contributed by atoms with Crippen molar-refractivity contribution in [3.63, 3.8) is 0 Å². The van der Waals surface area contributed by atoms with Gasteiger partial charge in [-0.3, -0.25) is 4.79 Å². The van der Waals surface area contributed by atoms with Crippen LogP contribution in [-0.4, -0.2) is 22.1 Å². The molecule has 7 heteroatoms. The van der Waals surface area contributed by atoms with Crippen molar-refractivity contribution in [1.29, 1.82) is 0 Å². The zero-order valence-corrected chi connectivity index (χ0v) is 16.0. The number of amides is 1. The largest absolute Gasteiger partial charge is 0.489 e. The van der Waals surface area contributed by atoms with Crippen molar-refractivity contribution in [3.8, 4) is 17.1 Å². The van der Waals surface area contributed by atoms with Gasteiger partial charge >= 0.3 is 0 Å². The van der Waals surface area contributed by atoms with Crippen LogP contribution in [0.2, 0.25) is 0 Å². The summed E-state index contributed by atoms with van der Waals surface area (Å²) in [4.78, 5) is 16.2. The zero-order valence-electron chi connectivity index (χ0n) is 16.0. The molecule has 0 fully saturated rings. The Morgan fingerprint density at radius 2 is 1.86 bits per heavy atom. The van der Waals surface area contributed by atoms with E-state index in [1.807, 2.05) is 68.4 Å². The number of nitrogens with zero attached hydrogens (tertiary/aromatic N) is 2. The fraction of sp³-hybridized carbons (Fsp3) is 0.286. The minimum Gasteiger partial charge on any atom is -0.489 e. The lowest BCUT2D eigenvalue weighted by atomic mass is 10.1. The van der Waals surface area contributed by atoms with Gasteiger partial charge in [0.05, 0.1) is 12.6 Å². The summed E-state index contributed by atoms with van der Waals surface area (Å²) in [7, 11) is 0. The average molecular weight is 380 g/mol. The summed E-state index contributed by atoms with van der Waals surface area (Å²) in [5.41, 5.74) is 7.71. The molecule has 0 radical (unpaired) electrons. The van der Waals surface area contributed by atoms with Crippen LogP contribution in [0.5, 0.6) is 5.75 Å². The predicted molar refractivity (Wildman–Crippen MR) is 105 cm³/mol. The predicted octanol–water partition coefficient (Wildman–Crippen LogP) is 2.92. The topological polar surface area (TPSA) is 103 Å². The molecule has 3 rings (SSSR count). The lowest BCUT2D eigenvalue weighted by Gasteiger charge is -2.14. The highest BCUT2D eigenvalue weighted by Crippen LogP contribution is 2.20. The fourth-order valence-corrected chi connectivity index (χ4v) is 2.47. The van der Waals surface area contributed by atoms with E-state index >= 15 is 0 Å². The van der Waals surface area contributed by atoms with Crippen LogP contribution in [0.1, 0.15) is 25.3 Å². The molecule has 146 valence electrons. The quantitative estimate of drug-likeness (QED) is 0.623. The Bertz CT molecular complexity index is 892. The van der Waals surface area contributed by atoms with E-state index in [2.05, 4.69) is 15.5 Å². The van der Waals surface area contributed by atoms with Crippen LogP contribution >= 0.6 is 0 Å². The van der Waals surface area contributed by atoms with Gasteiger partial charge < -0.3 is 20.3 Å². The molecule has 0 aliphatic rings. The number of aromatic nitrogens is 2. The molecule has 2 aromatic carbocycles. The van der Waals surface area contributed by atoms with Gasteiger partial charge in [0.1, 0.15) is 12.4 Å². The fourth-order valence-electron chi connectivity index (χ4n) is 2.47. The zero-order chi connectivity index (χ0) is 19.9. The van der Waals surface area contributed by atoms with Crippen molar-refractivity contribution in [1.82, 2.24) is 15.5 Å². The van der Waals surface area contributed by atoms with E-state index in [0.29, 0.717) is 18.3 Å². The maximum atomic E-state index is 11.9. The summed E-state index contributed by atoms with van der Waals surface area (Å²) in [6, 6.07) is 16.8. The first-order valence-electron chi connectivity index (χ1n) is 9.16. The highest BCUT2D eigenvalue weighted by molar-refractivity contribution is 5.81. The molecule has 3 aromatic rings. The number of carbonyl (C=O) groups is 1. The maximum Gasteiger partial charge on any atom is 0.246 e. The van der Waals surface area contributed by atoms with Gasteiger partial charge in [-0.25, -0.2) is 0 Å². The monoisotopic (exact) mass is 380 g/mol. The van der Waals surface area contributed by atoms with Crippen LogP contribution in [0.3, 0.4) is 0 Å². The number of rotatable bonds is 8. The summed E-state index contributed by atoms with van der Waals surface area (Å²) >= 11 is 0. The van der Waals surface area contributed by atoms with Crippen molar-refractivity contribution in [2.75, 3.05) is 0 Å². The molecule has 1 aromatic heterocycles. The molecular weight excluding hydrogens is 356 g/mol. The maximum absolute atomic E-state index is 11.9. The molecule has 3 N–H and O–H groups in total. The Kier molecular flexibility index (Phi) is 6.39. The molecule has 7 nitrogen and oxygen atoms in total. The molecule has 1 atom stereocenters. The third kappa shape index (κ3) is 5.17. The van der Waals surface area contributed by atoms with Crippen LogP contribution in [0, 0.1) is 5.92 Å². The smallest absolute Gasteiger partial charge is 0.246 e. The van der Waals surface area contributed by atoms with Gasteiger partial charge in [0.15, 0.2) is 0 Å². The molecule has 0 bridgehead atoms. The number of ether oxygens (including phenoxy) is 1. The number of nitrogens with one attached hydrogen (secondary N) is 1. The van der Waals surface area contributed by atoms with Gasteiger partial charge in [0, 0.05) is 5.56 Å². The van der Waals surface area contributed by atoms with Crippen molar-refractivity contribution in [3.05, 3.63) is 66.1 Å². The van der Waals surface area contributed by atoms with Crippen molar-refractivity contribution < 1.29 is 14.1 Å². The summed E-state index contributed by atoms with van der Waals surface area (Å²) < 4.78 is 11.0. The van der Waals surface area contributed by atoms with E-state index in [1.165, 1.54) is 0 Å². The van der Waals surface area contributed by atoms with Crippen LogP contribution in [-0.2, 0) is 17.9 Å². The van der Waals surface area contributed by atoms with E-state index in [-0.39, 0.29) is 18.4 Å². The molecular formula is C21H24N4O3. The van der Waals surface area contributed by atoms with Gasteiger partial charge in [-0.05, 0) is 35.7 Å². The summed E-state index contributed by atoms with van der Waals surface area (Å²) in [5.74, 6) is 1.34. The first kappa shape index (κ1) is 19.6. The Labute approximate surface area is 163 Å². The van der Waals surface area contributed by atoms with E-state index in [1.54, 1.807) is 0 Å². The second-order valence-electron chi connectivity index (χ2n) is 6.80. The standard InChI is InChI=1S/C21H24N4O3/c1-14(2)19(22)21(26)23-12-18-24-20(25-28-18)16-8-10-17(11-9-16)27-13-15-6-4-3-5-7-15/h3-11,14,19H,12-13,22H2,1-2H3,(H,23,26)/t19-/m0/s1. The number of hydrogen-bond acceptors (Lipinski definition) is 6. The summed E-state index contributed by atoms with van der Waals surface area (Å²) in [5, 5.41) is 6.66. The second kappa shape index (κ2) is 9.14. The van der Waals surface area contributed by atoms with Gasteiger partial charge in [-0.2, -0.15) is 4.98 Å². The van der Waals surface area contributed by atoms with Gasteiger partial charge in [0.2, 0.25) is 17.6 Å². The van der Waals surface area contributed by atoms with Crippen LogP contribution < -0.4 is 15.8 Å².